The van der Waals surface area contributed by atoms with Crippen LogP contribution >= 0.6 is 0 Å². The quantitative estimate of drug-likeness (QED) is 0.565. The molecule has 0 fully saturated rings. The number of hydrogen-bond donors (Lipinski definition) is 1. The first-order chi connectivity index (χ1) is 14.1. The van der Waals surface area contributed by atoms with Crippen LogP contribution in [0.3, 0.4) is 0 Å². The van der Waals surface area contributed by atoms with Crippen molar-refractivity contribution in [2.75, 3.05) is 23.9 Å². The fourth-order valence-electron chi connectivity index (χ4n) is 3.33. The number of anilines is 2. The molecule has 29 heavy (non-hydrogen) atoms. The van der Waals surface area contributed by atoms with Crippen LogP contribution in [0.4, 0.5) is 11.6 Å². The molecule has 0 unspecified atom stereocenters. The summed E-state index contributed by atoms with van der Waals surface area (Å²) in [6.45, 7) is 7.91. The molecule has 2 aromatic carbocycles. The van der Waals surface area contributed by atoms with Gasteiger partial charge >= 0.3 is 0 Å². The number of rotatable bonds is 9. The van der Waals surface area contributed by atoms with Crippen molar-refractivity contribution in [2.45, 2.75) is 39.8 Å². The lowest BCUT2D eigenvalue weighted by atomic mass is 10.1. The van der Waals surface area contributed by atoms with Crippen LogP contribution in [0.2, 0.25) is 0 Å². The van der Waals surface area contributed by atoms with Gasteiger partial charge in [0.05, 0.1) is 7.11 Å². The normalized spacial score (nSPS) is 10.8. The topological polar surface area (TPSA) is 50.3 Å². The van der Waals surface area contributed by atoms with Crippen molar-refractivity contribution in [1.82, 2.24) is 9.97 Å². The van der Waals surface area contributed by atoms with Gasteiger partial charge in [-0.15, -0.1) is 0 Å². The molecule has 0 amide bonds. The van der Waals surface area contributed by atoms with Gasteiger partial charge in [0, 0.05) is 25.2 Å². The molecule has 1 N–H and O–H groups in total. The van der Waals surface area contributed by atoms with Crippen LogP contribution in [0.1, 0.15) is 30.8 Å². The van der Waals surface area contributed by atoms with Crippen LogP contribution in [0.5, 0.6) is 5.75 Å². The molecule has 5 heteroatoms. The molecule has 152 valence electrons. The van der Waals surface area contributed by atoms with Crippen molar-refractivity contribution in [2.24, 2.45) is 0 Å². The Labute approximate surface area is 173 Å². The number of aryl methyl sites for hydroxylation is 1. The van der Waals surface area contributed by atoms with E-state index in [4.69, 9.17) is 9.72 Å². The second-order valence-electron chi connectivity index (χ2n) is 7.35. The molecule has 0 spiro atoms. The SMILES string of the molecule is COc1ccccc1CCNc1cc(N(Cc2ccccc2)C(C)C)nc(C)n1. The summed E-state index contributed by atoms with van der Waals surface area (Å²) >= 11 is 0. The summed E-state index contributed by atoms with van der Waals surface area (Å²) in [6.07, 6.45) is 0.861. The Balaban J connectivity index is 1.72. The van der Waals surface area contributed by atoms with Crippen LogP contribution in [0.15, 0.2) is 60.7 Å². The molecule has 0 saturated heterocycles. The Morgan fingerprint density at radius 3 is 2.45 bits per heavy atom. The standard InChI is InChI=1S/C24H30N4O/c1-18(2)28(17-20-10-6-5-7-11-20)24-16-23(26-19(3)27-24)25-15-14-21-12-8-9-13-22(21)29-4/h5-13,16,18H,14-15,17H2,1-4H3,(H,25,26,27). The van der Waals surface area contributed by atoms with Gasteiger partial charge in [-0.3, -0.25) is 0 Å². The van der Waals surface area contributed by atoms with E-state index in [2.05, 4.69) is 59.4 Å². The Morgan fingerprint density at radius 2 is 1.72 bits per heavy atom. The van der Waals surface area contributed by atoms with Gasteiger partial charge in [0.2, 0.25) is 0 Å². The zero-order chi connectivity index (χ0) is 20.6. The lowest BCUT2D eigenvalue weighted by Gasteiger charge is -2.28. The lowest BCUT2D eigenvalue weighted by molar-refractivity contribution is 0.410. The summed E-state index contributed by atoms with van der Waals surface area (Å²) in [5, 5.41) is 3.45. The van der Waals surface area contributed by atoms with Gasteiger partial charge in [-0.1, -0.05) is 48.5 Å². The van der Waals surface area contributed by atoms with Crippen molar-refractivity contribution in [3.8, 4) is 5.75 Å². The first-order valence-electron chi connectivity index (χ1n) is 10.1. The van der Waals surface area contributed by atoms with Crippen molar-refractivity contribution in [3.05, 3.63) is 77.6 Å². The molecule has 0 radical (unpaired) electrons. The minimum Gasteiger partial charge on any atom is -0.496 e. The average Bonchev–Trinajstić information content (AvgIpc) is 2.72. The zero-order valence-corrected chi connectivity index (χ0v) is 17.7. The first-order valence-corrected chi connectivity index (χ1v) is 10.1. The molecular weight excluding hydrogens is 360 g/mol. The van der Waals surface area contributed by atoms with Crippen LogP contribution in [0, 0.1) is 6.92 Å². The van der Waals surface area contributed by atoms with Gasteiger partial charge in [0.1, 0.15) is 23.2 Å². The summed E-state index contributed by atoms with van der Waals surface area (Å²) in [5.74, 6) is 3.47. The van der Waals surface area contributed by atoms with E-state index >= 15 is 0 Å². The molecule has 0 saturated carbocycles. The highest BCUT2D eigenvalue weighted by Crippen LogP contribution is 2.22. The first kappa shape index (κ1) is 20.6. The molecule has 3 rings (SSSR count). The molecular formula is C24H30N4O. The molecule has 0 aliphatic heterocycles. The van der Waals surface area contributed by atoms with Crippen LogP contribution in [0.25, 0.3) is 0 Å². The maximum absolute atomic E-state index is 5.44. The molecule has 3 aromatic rings. The number of methoxy groups -OCH3 is 1. The predicted octanol–water partition coefficient (Wildman–Crippen LogP) is 4.86. The molecule has 1 heterocycles. The number of ether oxygens (including phenoxy) is 1. The minimum atomic E-state index is 0.325. The van der Waals surface area contributed by atoms with Gasteiger partial charge in [0.15, 0.2) is 0 Å². The van der Waals surface area contributed by atoms with Crippen molar-refractivity contribution >= 4 is 11.6 Å². The third kappa shape index (κ3) is 5.70. The number of aromatic nitrogens is 2. The summed E-state index contributed by atoms with van der Waals surface area (Å²) in [4.78, 5) is 11.6. The number of nitrogens with one attached hydrogen (secondary N) is 1. The summed E-state index contributed by atoms with van der Waals surface area (Å²) in [7, 11) is 1.71. The van der Waals surface area contributed by atoms with Crippen LogP contribution in [-0.4, -0.2) is 29.7 Å². The fraction of sp³-hybridized carbons (Fsp3) is 0.333. The van der Waals surface area contributed by atoms with Gasteiger partial charge in [-0.05, 0) is 44.4 Å². The van der Waals surface area contributed by atoms with E-state index in [1.165, 1.54) is 11.1 Å². The van der Waals surface area contributed by atoms with E-state index in [1.54, 1.807) is 7.11 Å². The summed E-state index contributed by atoms with van der Waals surface area (Å²) < 4.78 is 5.44. The second-order valence-corrected chi connectivity index (χ2v) is 7.35. The predicted molar refractivity (Wildman–Crippen MR) is 120 cm³/mol. The molecule has 0 atom stereocenters. The smallest absolute Gasteiger partial charge is 0.134 e. The van der Waals surface area contributed by atoms with E-state index in [0.29, 0.717) is 6.04 Å². The molecule has 0 aliphatic carbocycles. The lowest BCUT2D eigenvalue weighted by Crippen LogP contribution is -2.31. The maximum atomic E-state index is 5.44. The number of para-hydroxylation sites is 1. The highest BCUT2D eigenvalue weighted by Gasteiger charge is 2.15. The second kappa shape index (κ2) is 9.92. The zero-order valence-electron chi connectivity index (χ0n) is 17.7. The van der Waals surface area contributed by atoms with E-state index in [0.717, 1.165) is 42.7 Å². The molecule has 0 bridgehead atoms. The summed E-state index contributed by atoms with van der Waals surface area (Å²) in [5.41, 5.74) is 2.45. The van der Waals surface area contributed by atoms with E-state index in [9.17, 15) is 0 Å². The van der Waals surface area contributed by atoms with Gasteiger partial charge in [-0.25, -0.2) is 9.97 Å². The van der Waals surface area contributed by atoms with Crippen molar-refractivity contribution in [3.63, 3.8) is 0 Å². The number of nitrogens with zero attached hydrogens (tertiary/aromatic N) is 3. The van der Waals surface area contributed by atoms with E-state index in [1.807, 2.05) is 37.3 Å². The highest BCUT2D eigenvalue weighted by atomic mass is 16.5. The van der Waals surface area contributed by atoms with Crippen molar-refractivity contribution in [1.29, 1.82) is 0 Å². The molecule has 0 aliphatic rings. The average molecular weight is 391 g/mol. The minimum absolute atomic E-state index is 0.325. The van der Waals surface area contributed by atoms with E-state index in [-0.39, 0.29) is 0 Å². The maximum Gasteiger partial charge on any atom is 0.134 e. The number of benzene rings is 2. The third-order valence-electron chi connectivity index (χ3n) is 4.83. The van der Waals surface area contributed by atoms with Crippen LogP contribution < -0.4 is 15.0 Å². The van der Waals surface area contributed by atoms with E-state index < -0.39 is 0 Å². The van der Waals surface area contributed by atoms with Crippen LogP contribution in [-0.2, 0) is 13.0 Å². The van der Waals surface area contributed by atoms with Crippen molar-refractivity contribution < 1.29 is 4.74 Å². The Morgan fingerprint density at radius 1 is 1.00 bits per heavy atom. The monoisotopic (exact) mass is 390 g/mol. The largest absolute Gasteiger partial charge is 0.496 e. The highest BCUT2D eigenvalue weighted by molar-refractivity contribution is 5.50. The molecule has 1 aromatic heterocycles. The molecule has 5 nitrogen and oxygen atoms in total. The Bertz CT molecular complexity index is 912. The Hall–Kier alpha value is -3.08. The van der Waals surface area contributed by atoms with Gasteiger partial charge in [-0.2, -0.15) is 0 Å². The summed E-state index contributed by atoms with van der Waals surface area (Å²) in [6, 6.07) is 21.0. The van der Waals surface area contributed by atoms with Gasteiger partial charge < -0.3 is 15.0 Å². The number of hydrogen-bond acceptors (Lipinski definition) is 5. The van der Waals surface area contributed by atoms with Gasteiger partial charge in [0.25, 0.3) is 0 Å². The fourth-order valence-corrected chi connectivity index (χ4v) is 3.33. The Kier molecular flexibility index (Phi) is 7.06. The third-order valence-corrected chi connectivity index (χ3v) is 4.83.